The normalized spacial score (nSPS) is 17.0. The highest BCUT2D eigenvalue weighted by atomic mass is 16.7. The van der Waals surface area contributed by atoms with Crippen molar-refractivity contribution in [1.29, 1.82) is 0 Å². The topological polar surface area (TPSA) is 66.3 Å². The van der Waals surface area contributed by atoms with Crippen LogP contribution in [0, 0.1) is 0 Å². The van der Waals surface area contributed by atoms with E-state index in [1.807, 2.05) is 24.3 Å². The smallest absolute Gasteiger partial charge is 0.363 e. The summed E-state index contributed by atoms with van der Waals surface area (Å²) in [7, 11) is 1.58. The average Bonchev–Trinajstić information content (AvgIpc) is 3.21. The van der Waals surface area contributed by atoms with Crippen LogP contribution >= 0.6 is 0 Å². The zero-order chi connectivity index (χ0) is 16.5. The standard InChI is InChI=1S/C18H13NO5/c1-21-14-5-3-2-4-11(14)8-13-18(20)24-17(19-13)12-6-7-15-16(9-12)23-10-22-15/h2-9H,10H2,1H3/b13-8-. The maximum Gasteiger partial charge on any atom is 0.363 e. The van der Waals surface area contributed by atoms with Gasteiger partial charge in [-0.1, -0.05) is 18.2 Å². The number of ether oxygens (including phenoxy) is 4. The van der Waals surface area contributed by atoms with E-state index < -0.39 is 5.97 Å². The van der Waals surface area contributed by atoms with Gasteiger partial charge in [-0.25, -0.2) is 9.79 Å². The number of methoxy groups -OCH3 is 1. The van der Waals surface area contributed by atoms with Gasteiger partial charge in [0.25, 0.3) is 0 Å². The van der Waals surface area contributed by atoms with Crippen molar-refractivity contribution in [3.05, 3.63) is 59.3 Å². The lowest BCUT2D eigenvalue weighted by molar-refractivity contribution is -0.129. The molecule has 6 nitrogen and oxygen atoms in total. The number of carbonyl (C=O) groups is 1. The zero-order valence-corrected chi connectivity index (χ0v) is 12.8. The molecule has 0 saturated heterocycles. The molecule has 0 aliphatic carbocycles. The first-order valence-electron chi connectivity index (χ1n) is 7.30. The van der Waals surface area contributed by atoms with Crippen LogP contribution < -0.4 is 14.2 Å². The molecule has 0 N–H and O–H groups in total. The Morgan fingerprint density at radius 1 is 1.12 bits per heavy atom. The van der Waals surface area contributed by atoms with E-state index in [9.17, 15) is 4.79 Å². The fourth-order valence-electron chi connectivity index (χ4n) is 2.50. The zero-order valence-electron chi connectivity index (χ0n) is 12.8. The summed E-state index contributed by atoms with van der Waals surface area (Å²) in [5, 5.41) is 0. The van der Waals surface area contributed by atoms with Crippen LogP contribution in [0.1, 0.15) is 11.1 Å². The Kier molecular flexibility index (Phi) is 3.42. The molecule has 0 fully saturated rings. The third-order valence-corrected chi connectivity index (χ3v) is 3.67. The first-order valence-corrected chi connectivity index (χ1v) is 7.30. The van der Waals surface area contributed by atoms with Gasteiger partial charge < -0.3 is 18.9 Å². The number of hydrogen-bond donors (Lipinski definition) is 0. The SMILES string of the molecule is COc1ccccc1/C=C1\N=C(c2ccc3c(c2)OCO3)OC1=O. The van der Waals surface area contributed by atoms with Gasteiger partial charge in [0, 0.05) is 11.1 Å². The summed E-state index contributed by atoms with van der Waals surface area (Å²) in [5.74, 6) is 1.65. The predicted molar refractivity (Wildman–Crippen MR) is 86.2 cm³/mol. The lowest BCUT2D eigenvalue weighted by atomic mass is 10.1. The van der Waals surface area contributed by atoms with Gasteiger partial charge in [-0.05, 0) is 30.3 Å². The number of carbonyl (C=O) groups excluding carboxylic acids is 1. The van der Waals surface area contributed by atoms with Crippen molar-refractivity contribution in [2.75, 3.05) is 13.9 Å². The summed E-state index contributed by atoms with van der Waals surface area (Å²) < 4.78 is 21.1. The maximum atomic E-state index is 12.1. The van der Waals surface area contributed by atoms with E-state index in [2.05, 4.69) is 4.99 Å². The quantitative estimate of drug-likeness (QED) is 0.642. The molecule has 4 rings (SSSR count). The fourth-order valence-corrected chi connectivity index (χ4v) is 2.50. The van der Waals surface area contributed by atoms with E-state index >= 15 is 0 Å². The Hall–Kier alpha value is -3.28. The van der Waals surface area contributed by atoms with Crippen LogP contribution in [0.4, 0.5) is 0 Å². The van der Waals surface area contributed by atoms with Crippen LogP contribution in [0.15, 0.2) is 53.2 Å². The van der Waals surface area contributed by atoms with Gasteiger partial charge in [0.1, 0.15) is 5.75 Å². The number of fused-ring (bicyclic) bond motifs is 1. The number of hydrogen-bond acceptors (Lipinski definition) is 6. The van der Waals surface area contributed by atoms with Gasteiger partial charge in [-0.2, -0.15) is 0 Å². The van der Waals surface area contributed by atoms with Crippen molar-refractivity contribution >= 4 is 17.9 Å². The molecule has 2 heterocycles. The molecule has 0 radical (unpaired) electrons. The van der Waals surface area contributed by atoms with Crippen molar-refractivity contribution in [2.24, 2.45) is 4.99 Å². The number of para-hydroxylation sites is 1. The van der Waals surface area contributed by atoms with E-state index in [0.29, 0.717) is 22.8 Å². The molecule has 120 valence electrons. The first kappa shape index (κ1) is 14.3. The monoisotopic (exact) mass is 323 g/mol. The Bertz CT molecular complexity index is 885. The number of rotatable bonds is 3. The molecular formula is C18H13NO5. The van der Waals surface area contributed by atoms with Gasteiger partial charge in [0.15, 0.2) is 17.2 Å². The predicted octanol–water partition coefficient (Wildman–Crippen LogP) is 2.77. The molecule has 2 aromatic rings. The highest BCUT2D eigenvalue weighted by molar-refractivity contribution is 6.13. The van der Waals surface area contributed by atoms with E-state index in [4.69, 9.17) is 18.9 Å². The molecule has 24 heavy (non-hydrogen) atoms. The van der Waals surface area contributed by atoms with E-state index in [1.165, 1.54) is 0 Å². The van der Waals surface area contributed by atoms with Gasteiger partial charge in [0.2, 0.25) is 12.7 Å². The van der Waals surface area contributed by atoms with Gasteiger partial charge in [-0.3, -0.25) is 0 Å². The molecule has 0 aromatic heterocycles. The Morgan fingerprint density at radius 2 is 1.96 bits per heavy atom. The number of cyclic esters (lactones) is 1. The van der Waals surface area contributed by atoms with Gasteiger partial charge in [-0.15, -0.1) is 0 Å². The Balaban J connectivity index is 1.69. The van der Waals surface area contributed by atoms with Crippen molar-refractivity contribution in [2.45, 2.75) is 0 Å². The maximum absolute atomic E-state index is 12.1. The van der Waals surface area contributed by atoms with Crippen LogP contribution in [-0.2, 0) is 9.53 Å². The Morgan fingerprint density at radius 3 is 2.83 bits per heavy atom. The second-order valence-electron chi connectivity index (χ2n) is 5.15. The molecule has 6 heteroatoms. The summed E-state index contributed by atoms with van der Waals surface area (Å²) in [5.41, 5.74) is 1.62. The number of nitrogens with zero attached hydrogens (tertiary/aromatic N) is 1. The highest BCUT2D eigenvalue weighted by Crippen LogP contribution is 2.33. The van der Waals surface area contributed by atoms with Crippen LogP contribution in [0.3, 0.4) is 0 Å². The number of aliphatic imine (C=N–C) groups is 1. The number of esters is 1. The molecule has 0 bridgehead atoms. The summed E-state index contributed by atoms with van der Waals surface area (Å²) in [6, 6.07) is 12.6. The molecular weight excluding hydrogens is 310 g/mol. The van der Waals surface area contributed by atoms with Crippen LogP contribution in [-0.4, -0.2) is 25.8 Å². The van der Waals surface area contributed by atoms with Crippen molar-refractivity contribution in [3.8, 4) is 17.2 Å². The molecule has 0 atom stereocenters. The summed E-state index contributed by atoms with van der Waals surface area (Å²) in [4.78, 5) is 16.4. The minimum absolute atomic E-state index is 0.185. The minimum Gasteiger partial charge on any atom is -0.496 e. The molecule has 0 amide bonds. The molecule has 2 aliphatic rings. The largest absolute Gasteiger partial charge is 0.496 e. The van der Waals surface area contributed by atoms with E-state index in [0.717, 1.165) is 5.56 Å². The molecule has 0 spiro atoms. The van der Waals surface area contributed by atoms with Crippen LogP contribution in [0.2, 0.25) is 0 Å². The third kappa shape index (κ3) is 2.48. The Labute approximate surface area is 137 Å². The molecule has 0 unspecified atom stereocenters. The van der Waals surface area contributed by atoms with E-state index in [1.54, 1.807) is 31.4 Å². The molecule has 2 aromatic carbocycles. The second-order valence-corrected chi connectivity index (χ2v) is 5.15. The summed E-state index contributed by atoms with van der Waals surface area (Å²) >= 11 is 0. The van der Waals surface area contributed by atoms with E-state index in [-0.39, 0.29) is 18.4 Å². The van der Waals surface area contributed by atoms with Crippen molar-refractivity contribution in [3.63, 3.8) is 0 Å². The lowest BCUT2D eigenvalue weighted by Gasteiger charge is -2.03. The molecule has 2 aliphatic heterocycles. The first-order chi connectivity index (χ1) is 11.7. The fraction of sp³-hybridized carbons (Fsp3) is 0.111. The molecule has 0 saturated carbocycles. The number of benzene rings is 2. The van der Waals surface area contributed by atoms with Gasteiger partial charge >= 0.3 is 5.97 Å². The third-order valence-electron chi connectivity index (χ3n) is 3.67. The summed E-state index contributed by atoms with van der Waals surface area (Å²) in [6.45, 7) is 0.185. The second kappa shape index (κ2) is 5.73. The minimum atomic E-state index is -0.506. The average molecular weight is 323 g/mol. The van der Waals surface area contributed by atoms with Crippen molar-refractivity contribution in [1.82, 2.24) is 0 Å². The van der Waals surface area contributed by atoms with Crippen LogP contribution in [0.25, 0.3) is 6.08 Å². The van der Waals surface area contributed by atoms with Gasteiger partial charge in [0.05, 0.1) is 7.11 Å². The van der Waals surface area contributed by atoms with Crippen LogP contribution in [0.5, 0.6) is 17.2 Å². The lowest BCUT2D eigenvalue weighted by Crippen LogP contribution is -2.05. The van der Waals surface area contributed by atoms with Crippen molar-refractivity contribution < 1.29 is 23.7 Å². The highest BCUT2D eigenvalue weighted by Gasteiger charge is 2.26. The summed E-state index contributed by atoms with van der Waals surface area (Å²) in [6.07, 6.45) is 1.64.